The third-order valence-electron chi connectivity index (χ3n) is 2.84. The highest BCUT2D eigenvalue weighted by Crippen LogP contribution is 2.05. The maximum Gasteiger partial charge on any atom is 0.338 e. The number of esters is 1. The number of aryl methyl sites for hydroxylation is 1. The highest BCUT2D eigenvalue weighted by atomic mass is 16.5. The predicted molar refractivity (Wildman–Crippen MR) is 85.4 cm³/mol. The first kappa shape index (κ1) is 19.2. The molecule has 0 atom stereocenters. The summed E-state index contributed by atoms with van der Waals surface area (Å²) in [7, 11) is 0. The summed E-state index contributed by atoms with van der Waals surface area (Å²) in [6.45, 7) is 11.0. The summed E-state index contributed by atoms with van der Waals surface area (Å²) in [5.41, 5.74) is 1.55. The van der Waals surface area contributed by atoms with Crippen LogP contribution >= 0.6 is 0 Å². The van der Waals surface area contributed by atoms with Crippen molar-refractivity contribution in [3.05, 3.63) is 35.4 Å². The number of ether oxygens (including phenoxy) is 1. The fourth-order valence-electron chi connectivity index (χ4n) is 1.72. The molecule has 1 rings (SSSR count). The van der Waals surface area contributed by atoms with Gasteiger partial charge in [0.2, 0.25) is 0 Å². The average molecular weight is 293 g/mol. The number of hydrogen-bond acceptors (Lipinski definition) is 3. The second-order valence-electron chi connectivity index (χ2n) is 4.42. The number of amides is 1. The number of nitrogens with zero attached hydrogens (tertiary/aromatic N) is 1. The third-order valence-corrected chi connectivity index (χ3v) is 2.84. The van der Waals surface area contributed by atoms with E-state index in [1.165, 1.54) is 0 Å². The first-order chi connectivity index (χ1) is 10.1. The van der Waals surface area contributed by atoms with Gasteiger partial charge in [-0.05, 0) is 32.4 Å². The van der Waals surface area contributed by atoms with Gasteiger partial charge >= 0.3 is 5.97 Å². The van der Waals surface area contributed by atoms with E-state index in [9.17, 15) is 9.59 Å². The molecule has 118 valence electrons. The van der Waals surface area contributed by atoms with Crippen LogP contribution in [0.4, 0.5) is 0 Å². The molecule has 0 saturated heterocycles. The Hall–Kier alpha value is -1.84. The Bertz CT molecular complexity index is 426. The minimum atomic E-state index is -0.457. The summed E-state index contributed by atoms with van der Waals surface area (Å²) < 4.78 is 5.03. The molecule has 4 heteroatoms. The third kappa shape index (κ3) is 6.93. The van der Waals surface area contributed by atoms with Crippen LogP contribution < -0.4 is 0 Å². The van der Waals surface area contributed by atoms with Crippen LogP contribution in [0.5, 0.6) is 0 Å². The van der Waals surface area contributed by atoms with Crippen LogP contribution in [0.1, 0.15) is 50.0 Å². The summed E-state index contributed by atoms with van der Waals surface area (Å²) in [5.74, 6) is -0.606. The molecule has 0 N–H and O–H groups in total. The molecule has 0 radical (unpaired) electrons. The van der Waals surface area contributed by atoms with Crippen LogP contribution in [-0.2, 0) is 9.53 Å². The van der Waals surface area contributed by atoms with Crippen molar-refractivity contribution in [3.63, 3.8) is 0 Å². The first-order valence-corrected chi connectivity index (χ1v) is 7.60. The first-order valence-electron chi connectivity index (χ1n) is 7.60. The van der Waals surface area contributed by atoms with E-state index in [4.69, 9.17) is 4.74 Å². The van der Waals surface area contributed by atoms with E-state index in [0.717, 1.165) is 12.0 Å². The van der Waals surface area contributed by atoms with Gasteiger partial charge in [-0.2, -0.15) is 0 Å². The molecule has 0 saturated carbocycles. The van der Waals surface area contributed by atoms with Gasteiger partial charge in [-0.1, -0.05) is 38.5 Å². The van der Waals surface area contributed by atoms with E-state index in [1.807, 2.05) is 46.8 Å². The van der Waals surface area contributed by atoms with Gasteiger partial charge in [0.25, 0.3) is 5.91 Å². The molecule has 0 aliphatic rings. The Balaban J connectivity index is 0.00000191. The lowest BCUT2D eigenvalue weighted by Gasteiger charge is -2.19. The van der Waals surface area contributed by atoms with Gasteiger partial charge in [-0.3, -0.25) is 4.79 Å². The fraction of sp³-hybridized carbons (Fsp3) is 0.529. The number of hydrogen-bond donors (Lipinski definition) is 0. The van der Waals surface area contributed by atoms with Crippen molar-refractivity contribution in [1.82, 2.24) is 4.90 Å². The van der Waals surface area contributed by atoms with Crippen LogP contribution in [0, 0.1) is 6.92 Å². The summed E-state index contributed by atoms with van der Waals surface area (Å²) in [6.07, 6.45) is 0.894. The Labute approximate surface area is 128 Å². The van der Waals surface area contributed by atoms with Crippen molar-refractivity contribution in [1.29, 1.82) is 0 Å². The second kappa shape index (κ2) is 10.9. The fourth-order valence-corrected chi connectivity index (χ4v) is 1.72. The van der Waals surface area contributed by atoms with Gasteiger partial charge in [0.15, 0.2) is 6.61 Å². The topological polar surface area (TPSA) is 46.6 Å². The van der Waals surface area contributed by atoms with Crippen molar-refractivity contribution in [2.75, 3.05) is 19.7 Å². The number of likely N-dealkylation sites (N-methyl/N-ethyl adjacent to an activating group) is 1. The molecule has 1 aromatic rings. The molecule has 1 amide bonds. The zero-order valence-corrected chi connectivity index (χ0v) is 13.8. The van der Waals surface area contributed by atoms with E-state index in [1.54, 1.807) is 17.0 Å². The molecule has 0 aromatic heterocycles. The molecular formula is C17H27NO3. The number of carbonyl (C=O) groups is 2. The van der Waals surface area contributed by atoms with Gasteiger partial charge < -0.3 is 9.64 Å². The van der Waals surface area contributed by atoms with Gasteiger partial charge in [-0.15, -0.1) is 0 Å². The van der Waals surface area contributed by atoms with Gasteiger partial charge in [0, 0.05) is 13.1 Å². The molecule has 0 unspecified atom stereocenters. The Kier molecular flexibility index (Phi) is 9.94. The number of rotatable bonds is 6. The average Bonchev–Trinajstić information content (AvgIpc) is 2.52. The van der Waals surface area contributed by atoms with Crippen molar-refractivity contribution in [2.45, 2.75) is 41.0 Å². The smallest absolute Gasteiger partial charge is 0.338 e. The summed E-state index contributed by atoms with van der Waals surface area (Å²) >= 11 is 0. The normalized spacial score (nSPS) is 9.38. The lowest BCUT2D eigenvalue weighted by atomic mass is 10.1. The maximum absolute atomic E-state index is 11.8. The van der Waals surface area contributed by atoms with Crippen molar-refractivity contribution < 1.29 is 14.3 Å². The molecule has 0 spiro atoms. The van der Waals surface area contributed by atoms with Crippen LogP contribution in [0.25, 0.3) is 0 Å². The lowest BCUT2D eigenvalue weighted by molar-refractivity contribution is -0.134. The van der Waals surface area contributed by atoms with Crippen molar-refractivity contribution >= 4 is 11.9 Å². The standard InChI is InChI=1S/C15H21NO3.C2H6/c1-4-10-16(5-2)14(17)11-19-15(18)13-8-6-12(3)7-9-13;1-2/h6-9H,4-5,10-11H2,1-3H3;1-2H3. The number of carbonyl (C=O) groups excluding carboxylic acids is 2. The summed E-state index contributed by atoms with van der Waals surface area (Å²) in [5, 5.41) is 0. The van der Waals surface area contributed by atoms with Crippen LogP contribution in [0.15, 0.2) is 24.3 Å². The molecule has 1 aromatic carbocycles. The Morgan fingerprint density at radius 1 is 1.10 bits per heavy atom. The second-order valence-corrected chi connectivity index (χ2v) is 4.42. The monoisotopic (exact) mass is 293 g/mol. The van der Waals surface area contributed by atoms with Crippen molar-refractivity contribution in [2.24, 2.45) is 0 Å². The highest BCUT2D eigenvalue weighted by molar-refractivity contribution is 5.91. The zero-order chi connectivity index (χ0) is 16.3. The molecule has 0 bridgehead atoms. The lowest BCUT2D eigenvalue weighted by Crippen LogP contribution is -2.35. The van der Waals surface area contributed by atoms with Crippen LogP contribution in [-0.4, -0.2) is 36.5 Å². The molecular weight excluding hydrogens is 266 g/mol. The van der Waals surface area contributed by atoms with E-state index >= 15 is 0 Å². The molecule has 21 heavy (non-hydrogen) atoms. The molecule has 4 nitrogen and oxygen atoms in total. The van der Waals surface area contributed by atoms with E-state index in [-0.39, 0.29) is 12.5 Å². The highest BCUT2D eigenvalue weighted by Gasteiger charge is 2.14. The van der Waals surface area contributed by atoms with Gasteiger partial charge in [0.1, 0.15) is 0 Å². The largest absolute Gasteiger partial charge is 0.452 e. The maximum atomic E-state index is 11.8. The molecule has 0 aliphatic heterocycles. The van der Waals surface area contributed by atoms with E-state index < -0.39 is 5.97 Å². The Morgan fingerprint density at radius 3 is 2.14 bits per heavy atom. The zero-order valence-electron chi connectivity index (χ0n) is 13.8. The summed E-state index contributed by atoms with van der Waals surface area (Å²) in [4.78, 5) is 25.2. The molecule has 0 aliphatic carbocycles. The SMILES string of the molecule is CC.CCCN(CC)C(=O)COC(=O)c1ccc(C)cc1. The van der Waals surface area contributed by atoms with Gasteiger partial charge in [0.05, 0.1) is 5.56 Å². The number of benzene rings is 1. The van der Waals surface area contributed by atoms with E-state index in [0.29, 0.717) is 18.7 Å². The van der Waals surface area contributed by atoms with Crippen molar-refractivity contribution in [3.8, 4) is 0 Å². The minimum Gasteiger partial charge on any atom is -0.452 e. The van der Waals surface area contributed by atoms with Crippen LogP contribution in [0.2, 0.25) is 0 Å². The minimum absolute atomic E-state index is 0.148. The summed E-state index contributed by atoms with van der Waals surface area (Å²) in [6, 6.07) is 7.08. The van der Waals surface area contributed by atoms with Gasteiger partial charge in [-0.25, -0.2) is 4.79 Å². The quantitative estimate of drug-likeness (QED) is 0.755. The van der Waals surface area contributed by atoms with Crippen LogP contribution in [0.3, 0.4) is 0 Å². The Morgan fingerprint density at radius 2 is 1.67 bits per heavy atom. The molecule has 0 heterocycles. The van der Waals surface area contributed by atoms with E-state index in [2.05, 4.69) is 0 Å². The predicted octanol–water partition coefficient (Wildman–Crippen LogP) is 3.44. The molecule has 0 fully saturated rings.